The van der Waals surface area contributed by atoms with Crippen molar-refractivity contribution in [3.05, 3.63) is 22.3 Å². The molecule has 37 heavy (non-hydrogen) atoms. The minimum atomic E-state index is -1.25. The molecule has 3 atom stereocenters. The summed E-state index contributed by atoms with van der Waals surface area (Å²) in [6.45, 7) is 0. The second kappa shape index (κ2) is 11.1. The predicted molar refractivity (Wildman–Crippen MR) is 141 cm³/mol. The summed E-state index contributed by atoms with van der Waals surface area (Å²) in [4.78, 5) is 52.1. The predicted octanol–water partition coefficient (Wildman–Crippen LogP) is -0.994. The third-order valence-electron chi connectivity index (χ3n) is 5.58. The van der Waals surface area contributed by atoms with Crippen molar-refractivity contribution >= 4 is 74.5 Å². The van der Waals surface area contributed by atoms with E-state index in [9.17, 15) is 19.5 Å². The number of carbonyl (C=O) groups excluding carboxylic acids is 2. The van der Waals surface area contributed by atoms with E-state index in [0.29, 0.717) is 22.9 Å². The molecule has 1 aromatic rings. The first-order valence-electron chi connectivity index (χ1n) is 10.7. The molecule has 1 aromatic heterocycles. The Morgan fingerprint density at radius 2 is 2.22 bits per heavy atom. The van der Waals surface area contributed by atoms with Crippen LogP contribution in [0.5, 0.6) is 0 Å². The largest absolute Gasteiger partial charge is 0.477 e. The van der Waals surface area contributed by atoms with Gasteiger partial charge >= 0.3 is 5.97 Å². The van der Waals surface area contributed by atoms with Gasteiger partial charge in [-0.1, -0.05) is 16.9 Å². The molecule has 2 amide bonds. The van der Waals surface area contributed by atoms with Crippen LogP contribution in [0, 0.1) is 5.41 Å². The van der Waals surface area contributed by atoms with E-state index in [4.69, 9.17) is 21.8 Å². The summed E-state index contributed by atoms with van der Waals surface area (Å²) in [6.07, 6.45) is 0.0267. The SMILES string of the molecule is CNC1CC(=N)N=C(SCC2=C(C(=O)O)N3C(=O)C(NC(=O)C(=NOC)c4csc(N)n4)[C@@H]3SC2)N1N. The zero-order valence-corrected chi connectivity index (χ0v) is 22.1. The summed E-state index contributed by atoms with van der Waals surface area (Å²) in [5.41, 5.74) is 6.05. The molecule has 4 rings (SSSR count). The zero-order chi connectivity index (χ0) is 26.9. The van der Waals surface area contributed by atoms with Gasteiger partial charge in [0.15, 0.2) is 16.0 Å². The number of rotatable bonds is 8. The average Bonchev–Trinajstić information content (AvgIpc) is 3.30. The number of hydrogen-bond acceptors (Lipinski definition) is 14. The molecule has 198 valence electrons. The standard InChI is InChI=1S/C19H24N10O5S3/c1-23-10-3-9(20)25-19(29(10)22)37-5-7-4-35-16-12(15(31)28(16)13(7)17(32)33)26-14(30)11(27-34-2)8-6-36-18(21)24-8/h6,10,12,16,20,23H,3-5,22H2,1-2H3,(H2,21,24)(H,26,30)(H,32,33)/t10?,12?,16-/m0/s1. The highest BCUT2D eigenvalue weighted by Gasteiger charge is 2.54. The lowest BCUT2D eigenvalue weighted by Crippen LogP contribution is -2.71. The zero-order valence-electron chi connectivity index (χ0n) is 19.6. The molecule has 8 N–H and O–H groups in total. The number of anilines is 1. The first-order valence-corrected chi connectivity index (χ1v) is 13.6. The third-order valence-corrected chi connectivity index (χ3v) is 8.65. The maximum Gasteiger partial charge on any atom is 0.352 e. The fourth-order valence-electron chi connectivity index (χ4n) is 3.83. The maximum atomic E-state index is 13.0. The van der Waals surface area contributed by atoms with Gasteiger partial charge in [0.25, 0.3) is 11.8 Å². The van der Waals surface area contributed by atoms with E-state index in [-0.39, 0.29) is 40.0 Å². The average molecular weight is 569 g/mol. The van der Waals surface area contributed by atoms with Gasteiger partial charge in [-0.15, -0.1) is 23.1 Å². The minimum Gasteiger partial charge on any atom is -0.477 e. The Kier molecular flexibility index (Phi) is 8.02. The second-order valence-electron chi connectivity index (χ2n) is 7.86. The van der Waals surface area contributed by atoms with Gasteiger partial charge in [-0.2, -0.15) is 0 Å². The van der Waals surface area contributed by atoms with Gasteiger partial charge in [-0.05, 0) is 12.6 Å². The summed E-state index contributed by atoms with van der Waals surface area (Å²) < 4.78 is 0. The van der Waals surface area contributed by atoms with Gasteiger partial charge < -0.3 is 21.0 Å². The fraction of sp³-hybridized carbons (Fsp3) is 0.421. The number of thioether (sulfide) groups is 2. The number of β-lactam (4-membered cyclic amide) rings is 1. The van der Waals surface area contributed by atoms with Crippen molar-refractivity contribution in [2.24, 2.45) is 16.0 Å². The van der Waals surface area contributed by atoms with Crippen LogP contribution in [0.4, 0.5) is 5.13 Å². The Labute approximate surface area is 223 Å². The van der Waals surface area contributed by atoms with Gasteiger partial charge in [0.05, 0.1) is 0 Å². The van der Waals surface area contributed by atoms with Crippen molar-refractivity contribution in [3.8, 4) is 0 Å². The molecule has 0 spiro atoms. The number of thiazole rings is 1. The summed E-state index contributed by atoms with van der Waals surface area (Å²) in [5.74, 6) is 4.24. The second-order valence-corrected chi connectivity index (χ2v) is 10.8. The molecule has 15 nitrogen and oxygen atoms in total. The van der Waals surface area contributed by atoms with Gasteiger partial charge in [-0.3, -0.25) is 30.2 Å². The number of carbonyl (C=O) groups is 3. The van der Waals surface area contributed by atoms with Crippen LogP contribution < -0.4 is 22.2 Å². The van der Waals surface area contributed by atoms with Crippen molar-refractivity contribution in [2.45, 2.75) is 24.0 Å². The summed E-state index contributed by atoms with van der Waals surface area (Å²) in [6, 6.07) is -0.960. The molecule has 0 bridgehead atoms. The highest BCUT2D eigenvalue weighted by molar-refractivity contribution is 8.14. The molecular formula is C19H24N10O5S3. The number of oxime groups is 1. The molecule has 0 aromatic carbocycles. The Balaban J connectivity index is 1.48. The molecule has 3 aliphatic rings. The van der Waals surface area contributed by atoms with Crippen molar-refractivity contribution in [2.75, 3.05) is 31.4 Å². The van der Waals surface area contributed by atoms with Crippen LogP contribution in [0.25, 0.3) is 0 Å². The molecule has 0 aliphatic carbocycles. The van der Waals surface area contributed by atoms with Crippen LogP contribution in [-0.2, 0) is 19.2 Å². The van der Waals surface area contributed by atoms with Gasteiger partial charge in [0, 0.05) is 23.3 Å². The smallest absolute Gasteiger partial charge is 0.352 e. The van der Waals surface area contributed by atoms with Crippen molar-refractivity contribution < 1.29 is 24.3 Å². The molecule has 2 unspecified atom stereocenters. The number of amides is 2. The quantitative estimate of drug-likeness (QED) is 0.0961. The van der Waals surface area contributed by atoms with E-state index < -0.39 is 29.2 Å². The van der Waals surface area contributed by atoms with E-state index in [1.807, 2.05) is 0 Å². The number of nitrogen functional groups attached to an aromatic ring is 1. The number of carboxylic acid groups (broad SMARTS) is 1. The number of hydrazine groups is 1. The van der Waals surface area contributed by atoms with Crippen molar-refractivity contribution in [3.63, 3.8) is 0 Å². The van der Waals surface area contributed by atoms with Crippen molar-refractivity contribution in [1.82, 2.24) is 25.5 Å². The minimum absolute atomic E-state index is 0.134. The Bertz CT molecular complexity index is 1230. The van der Waals surface area contributed by atoms with E-state index in [2.05, 4.69) is 25.8 Å². The maximum absolute atomic E-state index is 13.0. The monoisotopic (exact) mass is 568 g/mol. The van der Waals surface area contributed by atoms with Gasteiger partial charge in [0.1, 0.15) is 41.9 Å². The van der Waals surface area contributed by atoms with Crippen LogP contribution >= 0.6 is 34.9 Å². The first kappa shape index (κ1) is 26.9. The summed E-state index contributed by atoms with van der Waals surface area (Å²) in [5, 5.41) is 30.1. The number of carboxylic acids is 1. The summed E-state index contributed by atoms with van der Waals surface area (Å²) >= 11 is 3.63. The Hall–Kier alpha value is -3.19. The number of aliphatic imine (C=N–C) groups is 1. The number of nitrogens with zero attached hydrogens (tertiary/aromatic N) is 5. The Morgan fingerprint density at radius 3 is 2.84 bits per heavy atom. The number of aliphatic carboxylic acids is 1. The van der Waals surface area contributed by atoms with Gasteiger partial charge in [0.2, 0.25) is 0 Å². The topological polar surface area (TPSA) is 225 Å². The molecule has 18 heteroatoms. The lowest BCUT2D eigenvalue weighted by atomic mass is 10.0. The molecule has 0 saturated carbocycles. The summed E-state index contributed by atoms with van der Waals surface area (Å²) in [7, 11) is 2.99. The van der Waals surface area contributed by atoms with Gasteiger partial charge in [-0.25, -0.2) is 20.6 Å². The van der Waals surface area contributed by atoms with Crippen LogP contribution in [0.15, 0.2) is 26.8 Å². The molecule has 0 radical (unpaired) electrons. The number of nitrogens with two attached hydrogens (primary N) is 2. The lowest BCUT2D eigenvalue weighted by Gasteiger charge is -2.49. The van der Waals surface area contributed by atoms with Crippen LogP contribution in [0.1, 0.15) is 12.1 Å². The fourth-order valence-corrected chi connectivity index (χ4v) is 6.85. The number of hydrogen-bond donors (Lipinski definition) is 6. The highest BCUT2D eigenvalue weighted by Crippen LogP contribution is 2.41. The molecule has 3 aliphatic heterocycles. The molecule has 1 fully saturated rings. The molecule has 1 saturated heterocycles. The number of fused-ring (bicyclic) bond motifs is 1. The first-order chi connectivity index (χ1) is 17.7. The van der Waals surface area contributed by atoms with E-state index in [1.54, 1.807) is 7.05 Å². The number of aromatic nitrogens is 1. The highest BCUT2D eigenvalue weighted by atomic mass is 32.2. The number of amidine groups is 2. The normalized spacial score (nSPS) is 23.9. The van der Waals surface area contributed by atoms with Crippen LogP contribution in [0.2, 0.25) is 0 Å². The van der Waals surface area contributed by atoms with Crippen LogP contribution in [-0.4, -0.2) is 97.7 Å². The number of nitrogens with one attached hydrogen (secondary N) is 3. The van der Waals surface area contributed by atoms with E-state index in [0.717, 1.165) is 11.3 Å². The third kappa shape index (κ3) is 5.28. The Morgan fingerprint density at radius 1 is 1.46 bits per heavy atom. The van der Waals surface area contributed by atoms with Crippen molar-refractivity contribution in [1.29, 1.82) is 5.41 Å². The lowest BCUT2D eigenvalue weighted by molar-refractivity contribution is -0.150. The van der Waals surface area contributed by atoms with E-state index in [1.165, 1.54) is 45.9 Å². The van der Waals surface area contributed by atoms with E-state index >= 15 is 0 Å². The van der Waals surface area contributed by atoms with Crippen LogP contribution in [0.3, 0.4) is 0 Å². The molecule has 4 heterocycles. The molecular weight excluding hydrogens is 544 g/mol.